The number of ether oxygens (including phenoxy) is 1. The SMILES string of the molecule is CCC1OCCC1CNc1ccnc(N)n1. The minimum absolute atomic E-state index is 0.305. The zero-order valence-corrected chi connectivity index (χ0v) is 9.52. The minimum atomic E-state index is 0.305. The molecular weight excluding hydrogens is 204 g/mol. The Morgan fingerprint density at radius 3 is 3.25 bits per heavy atom. The van der Waals surface area contributed by atoms with Crippen LogP contribution in [0.2, 0.25) is 0 Å². The lowest BCUT2D eigenvalue weighted by Gasteiger charge is -2.17. The van der Waals surface area contributed by atoms with Crippen LogP contribution >= 0.6 is 0 Å². The Morgan fingerprint density at radius 2 is 2.50 bits per heavy atom. The Balaban J connectivity index is 1.87. The van der Waals surface area contributed by atoms with Crippen LogP contribution in [0.3, 0.4) is 0 Å². The topological polar surface area (TPSA) is 73.1 Å². The largest absolute Gasteiger partial charge is 0.378 e. The van der Waals surface area contributed by atoms with E-state index >= 15 is 0 Å². The molecule has 2 rings (SSSR count). The molecule has 0 aromatic carbocycles. The number of anilines is 2. The predicted octanol–water partition coefficient (Wildman–Crippen LogP) is 1.29. The zero-order chi connectivity index (χ0) is 11.4. The van der Waals surface area contributed by atoms with Crippen LogP contribution in [0.5, 0.6) is 0 Å². The van der Waals surface area contributed by atoms with Gasteiger partial charge in [0.1, 0.15) is 5.82 Å². The number of nitrogen functional groups attached to an aromatic ring is 1. The summed E-state index contributed by atoms with van der Waals surface area (Å²) in [6.45, 7) is 3.91. The van der Waals surface area contributed by atoms with E-state index in [1.54, 1.807) is 6.20 Å². The monoisotopic (exact) mass is 222 g/mol. The van der Waals surface area contributed by atoms with Crippen LogP contribution in [0.1, 0.15) is 19.8 Å². The molecule has 5 nitrogen and oxygen atoms in total. The van der Waals surface area contributed by atoms with Crippen molar-refractivity contribution in [2.24, 2.45) is 5.92 Å². The van der Waals surface area contributed by atoms with Crippen molar-refractivity contribution < 1.29 is 4.74 Å². The van der Waals surface area contributed by atoms with Crippen LogP contribution < -0.4 is 11.1 Å². The Morgan fingerprint density at radius 1 is 1.62 bits per heavy atom. The third-order valence-electron chi connectivity index (χ3n) is 2.97. The molecule has 2 atom stereocenters. The second kappa shape index (κ2) is 5.12. The Labute approximate surface area is 95.4 Å². The average molecular weight is 222 g/mol. The van der Waals surface area contributed by atoms with E-state index in [1.807, 2.05) is 6.07 Å². The summed E-state index contributed by atoms with van der Waals surface area (Å²) in [5, 5.41) is 3.28. The summed E-state index contributed by atoms with van der Waals surface area (Å²) in [5.41, 5.74) is 5.51. The van der Waals surface area contributed by atoms with Gasteiger partial charge in [-0.05, 0) is 18.9 Å². The summed E-state index contributed by atoms with van der Waals surface area (Å²) >= 11 is 0. The van der Waals surface area contributed by atoms with Gasteiger partial charge in [0, 0.05) is 25.3 Å². The van der Waals surface area contributed by atoms with Crippen LogP contribution in [0.25, 0.3) is 0 Å². The molecule has 3 N–H and O–H groups in total. The van der Waals surface area contributed by atoms with Crippen molar-refractivity contribution >= 4 is 11.8 Å². The summed E-state index contributed by atoms with van der Waals surface area (Å²) in [5.74, 6) is 1.66. The van der Waals surface area contributed by atoms with Crippen molar-refractivity contribution in [3.8, 4) is 0 Å². The number of aromatic nitrogens is 2. The minimum Gasteiger partial charge on any atom is -0.378 e. The fraction of sp³-hybridized carbons (Fsp3) is 0.636. The molecule has 0 bridgehead atoms. The molecule has 1 aromatic rings. The molecule has 5 heteroatoms. The summed E-state index contributed by atoms with van der Waals surface area (Å²) in [6.07, 6.45) is 4.23. The lowest BCUT2D eigenvalue weighted by molar-refractivity contribution is 0.0900. The molecule has 1 fully saturated rings. The number of hydrogen-bond donors (Lipinski definition) is 2. The van der Waals surface area contributed by atoms with Gasteiger partial charge in [-0.1, -0.05) is 6.92 Å². The maximum Gasteiger partial charge on any atom is 0.221 e. The molecule has 0 spiro atoms. The van der Waals surface area contributed by atoms with Crippen molar-refractivity contribution in [2.45, 2.75) is 25.9 Å². The first kappa shape index (κ1) is 11.1. The fourth-order valence-electron chi connectivity index (χ4n) is 2.09. The number of nitrogens with two attached hydrogens (primary N) is 1. The lowest BCUT2D eigenvalue weighted by atomic mass is 10.00. The maximum atomic E-state index is 5.63. The van der Waals surface area contributed by atoms with Crippen molar-refractivity contribution in [3.05, 3.63) is 12.3 Å². The quantitative estimate of drug-likeness (QED) is 0.803. The Hall–Kier alpha value is -1.36. The van der Waals surface area contributed by atoms with Gasteiger partial charge in [-0.3, -0.25) is 0 Å². The maximum absolute atomic E-state index is 5.63. The summed E-state index contributed by atoms with van der Waals surface area (Å²) in [7, 11) is 0. The second-order valence-electron chi connectivity index (χ2n) is 4.05. The molecule has 0 amide bonds. The summed E-state index contributed by atoms with van der Waals surface area (Å²) in [6, 6.07) is 1.83. The number of rotatable bonds is 4. The smallest absolute Gasteiger partial charge is 0.221 e. The molecule has 0 radical (unpaired) electrons. The van der Waals surface area contributed by atoms with Crippen molar-refractivity contribution in [1.29, 1.82) is 0 Å². The highest BCUT2D eigenvalue weighted by Crippen LogP contribution is 2.23. The van der Waals surface area contributed by atoms with E-state index in [0.29, 0.717) is 18.0 Å². The van der Waals surface area contributed by atoms with E-state index < -0.39 is 0 Å². The van der Waals surface area contributed by atoms with Crippen LogP contribution in [-0.4, -0.2) is 29.2 Å². The first-order valence-corrected chi connectivity index (χ1v) is 5.73. The van der Waals surface area contributed by atoms with E-state index in [1.165, 1.54) is 0 Å². The molecule has 1 aromatic heterocycles. The van der Waals surface area contributed by atoms with E-state index in [0.717, 1.165) is 31.8 Å². The number of nitrogens with zero attached hydrogens (tertiary/aromatic N) is 2. The van der Waals surface area contributed by atoms with Gasteiger partial charge < -0.3 is 15.8 Å². The molecule has 2 unspecified atom stereocenters. The van der Waals surface area contributed by atoms with Gasteiger partial charge in [-0.2, -0.15) is 4.98 Å². The highest BCUT2D eigenvalue weighted by molar-refractivity contribution is 5.37. The van der Waals surface area contributed by atoms with E-state index in [4.69, 9.17) is 10.5 Å². The van der Waals surface area contributed by atoms with Crippen LogP contribution in [-0.2, 0) is 4.74 Å². The van der Waals surface area contributed by atoms with Crippen molar-refractivity contribution in [3.63, 3.8) is 0 Å². The highest BCUT2D eigenvalue weighted by atomic mass is 16.5. The average Bonchev–Trinajstić information content (AvgIpc) is 2.74. The van der Waals surface area contributed by atoms with Gasteiger partial charge in [-0.15, -0.1) is 0 Å². The van der Waals surface area contributed by atoms with Crippen molar-refractivity contribution in [1.82, 2.24) is 9.97 Å². The van der Waals surface area contributed by atoms with Crippen LogP contribution in [0, 0.1) is 5.92 Å². The van der Waals surface area contributed by atoms with Gasteiger partial charge in [0.2, 0.25) is 5.95 Å². The van der Waals surface area contributed by atoms with E-state index in [2.05, 4.69) is 22.2 Å². The molecule has 88 valence electrons. The normalized spacial score (nSPS) is 24.6. The summed E-state index contributed by atoms with van der Waals surface area (Å²) in [4.78, 5) is 7.95. The lowest BCUT2D eigenvalue weighted by Crippen LogP contribution is -2.23. The standard InChI is InChI=1S/C11H18N4O/c1-2-9-8(4-6-16-9)7-14-10-3-5-13-11(12)15-10/h3,5,8-9H,2,4,6-7H2,1H3,(H3,12,13,14,15). The molecular formula is C11H18N4O. The summed E-state index contributed by atoms with van der Waals surface area (Å²) < 4.78 is 5.63. The Bertz CT molecular complexity index is 345. The molecule has 1 aliphatic rings. The fourth-order valence-corrected chi connectivity index (χ4v) is 2.09. The first-order valence-electron chi connectivity index (χ1n) is 5.73. The van der Waals surface area contributed by atoms with Gasteiger partial charge in [0.05, 0.1) is 6.10 Å². The van der Waals surface area contributed by atoms with E-state index in [-0.39, 0.29) is 0 Å². The van der Waals surface area contributed by atoms with Crippen molar-refractivity contribution in [2.75, 3.05) is 24.2 Å². The van der Waals surface area contributed by atoms with E-state index in [9.17, 15) is 0 Å². The molecule has 0 saturated carbocycles. The van der Waals surface area contributed by atoms with Gasteiger partial charge in [0.15, 0.2) is 0 Å². The highest BCUT2D eigenvalue weighted by Gasteiger charge is 2.26. The van der Waals surface area contributed by atoms with Gasteiger partial charge in [0.25, 0.3) is 0 Å². The Kier molecular flexibility index (Phi) is 3.56. The number of hydrogen-bond acceptors (Lipinski definition) is 5. The first-order chi connectivity index (χ1) is 7.79. The second-order valence-corrected chi connectivity index (χ2v) is 4.05. The molecule has 2 heterocycles. The van der Waals surface area contributed by atoms with Gasteiger partial charge in [-0.25, -0.2) is 4.98 Å². The number of nitrogens with one attached hydrogen (secondary N) is 1. The molecule has 1 saturated heterocycles. The van der Waals surface area contributed by atoms with Gasteiger partial charge >= 0.3 is 0 Å². The third-order valence-corrected chi connectivity index (χ3v) is 2.97. The van der Waals surface area contributed by atoms with Crippen LogP contribution in [0.15, 0.2) is 12.3 Å². The predicted molar refractivity (Wildman–Crippen MR) is 63.1 cm³/mol. The molecule has 16 heavy (non-hydrogen) atoms. The zero-order valence-electron chi connectivity index (χ0n) is 9.52. The molecule has 0 aliphatic carbocycles. The van der Waals surface area contributed by atoms with Crippen LogP contribution in [0.4, 0.5) is 11.8 Å². The molecule has 1 aliphatic heterocycles. The third kappa shape index (κ3) is 2.61.